The normalized spacial score (nSPS) is 20.4. The van der Waals surface area contributed by atoms with Gasteiger partial charge in [0.1, 0.15) is 6.34 Å². The third-order valence-electron chi connectivity index (χ3n) is 2.96. The van der Waals surface area contributed by atoms with Crippen molar-refractivity contribution in [2.75, 3.05) is 13.1 Å². The third kappa shape index (κ3) is 3.52. The highest BCUT2D eigenvalue weighted by Crippen LogP contribution is 2.42. The number of halogens is 5. The number of unbranched alkanes of at least 4 members (excludes halogenated alkanes) is 1. The van der Waals surface area contributed by atoms with Crippen LogP contribution in [0.1, 0.15) is 33.6 Å². The fourth-order valence-corrected chi connectivity index (χ4v) is 2.04. The van der Waals surface area contributed by atoms with Crippen molar-refractivity contribution in [1.29, 1.82) is 0 Å². The van der Waals surface area contributed by atoms with E-state index in [4.69, 9.17) is 0 Å². The van der Waals surface area contributed by atoms with E-state index in [0.717, 1.165) is 16.2 Å². The summed E-state index contributed by atoms with van der Waals surface area (Å²) in [5.74, 6) is -4.87. The van der Waals surface area contributed by atoms with E-state index in [9.17, 15) is 22.0 Å². The van der Waals surface area contributed by atoms with Crippen LogP contribution in [-0.4, -0.2) is 47.6 Å². The number of nitrogens with zero attached hydrogens (tertiary/aromatic N) is 3. The maximum Gasteiger partial charge on any atom is 0.457 e. The molecular formula is C12H20F5N3. The first-order chi connectivity index (χ1) is 9.11. The lowest BCUT2D eigenvalue weighted by Crippen LogP contribution is -2.59. The molecule has 0 radical (unpaired) electrons. The van der Waals surface area contributed by atoms with Crippen LogP contribution >= 0.6 is 0 Å². The minimum atomic E-state index is -5.59. The van der Waals surface area contributed by atoms with Gasteiger partial charge < -0.3 is 4.90 Å². The van der Waals surface area contributed by atoms with Crippen molar-refractivity contribution in [1.82, 2.24) is 9.91 Å². The molecule has 0 aromatic heterocycles. The lowest BCUT2D eigenvalue weighted by atomic mass is 10.1. The van der Waals surface area contributed by atoms with Gasteiger partial charge in [-0.3, -0.25) is 5.01 Å². The van der Waals surface area contributed by atoms with Crippen molar-refractivity contribution in [3.8, 4) is 0 Å². The Kier molecular flexibility index (Phi) is 5.21. The molecular weight excluding hydrogens is 281 g/mol. The van der Waals surface area contributed by atoms with E-state index in [1.807, 2.05) is 6.92 Å². The van der Waals surface area contributed by atoms with Gasteiger partial charge in [0.2, 0.25) is 0 Å². The second-order valence-electron chi connectivity index (χ2n) is 5.33. The molecule has 118 valence electrons. The van der Waals surface area contributed by atoms with Crippen LogP contribution in [0.3, 0.4) is 0 Å². The fraction of sp³-hybridized carbons (Fsp3) is 0.917. The van der Waals surface area contributed by atoms with Crippen molar-refractivity contribution < 1.29 is 22.0 Å². The van der Waals surface area contributed by atoms with Gasteiger partial charge in [-0.25, -0.2) is 0 Å². The van der Waals surface area contributed by atoms with Crippen molar-refractivity contribution in [3.63, 3.8) is 0 Å². The molecule has 8 heteroatoms. The lowest BCUT2D eigenvalue weighted by molar-refractivity contribution is -0.314. The topological polar surface area (TPSA) is 18.8 Å². The number of hydrazone groups is 1. The zero-order chi connectivity index (χ0) is 15.6. The minimum Gasteiger partial charge on any atom is -0.334 e. The van der Waals surface area contributed by atoms with E-state index in [-0.39, 0.29) is 19.0 Å². The molecule has 1 atom stereocenters. The van der Waals surface area contributed by atoms with E-state index >= 15 is 0 Å². The molecule has 0 N–H and O–H groups in total. The van der Waals surface area contributed by atoms with E-state index in [1.165, 1.54) is 0 Å². The average molecular weight is 301 g/mol. The molecule has 0 spiro atoms. The van der Waals surface area contributed by atoms with Crippen LogP contribution in [-0.2, 0) is 0 Å². The number of alkyl halides is 5. The summed E-state index contributed by atoms with van der Waals surface area (Å²) in [4.78, 5) is 0.980. The van der Waals surface area contributed by atoms with Gasteiger partial charge >= 0.3 is 12.1 Å². The monoisotopic (exact) mass is 301 g/mol. The molecule has 0 aromatic carbocycles. The summed E-state index contributed by atoms with van der Waals surface area (Å²) in [5.41, 5.74) is 0. The Bertz CT molecular complexity index is 340. The van der Waals surface area contributed by atoms with Crippen molar-refractivity contribution >= 4 is 6.34 Å². The molecule has 0 amide bonds. The summed E-state index contributed by atoms with van der Waals surface area (Å²) < 4.78 is 65.3. The van der Waals surface area contributed by atoms with Crippen LogP contribution in [0.5, 0.6) is 0 Å². The molecule has 20 heavy (non-hydrogen) atoms. The number of rotatable bonds is 6. The van der Waals surface area contributed by atoms with E-state index in [1.54, 1.807) is 13.8 Å². The van der Waals surface area contributed by atoms with Crippen LogP contribution < -0.4 is 0 Å². The molecule has 1 heterocycles. The lowest BCUT2D eigenvalue weighted by Gasteiger charge is -2.37. The zero-order valence-electron chi connectivity index (χ0n) is 11.8. The first kappa shape index (κ1) is 17.0. The van der Waals surface area contributed by atoms with Crippen molar-refractivity contribution in [2.24, 2.45) is 11.0 Å². The molecule has 0 fully saturated rings. The van der Waals surface area contributed by atoms with Crippen LogP contribution in [0.25, 0.3) is 0 Å². The van der Waals surface area contributed by atoms with Gasteiger partial charge in [0.25, 0.3) is 0 Å². The summed E-state index contributed by atoms with van der Waals surface area (Å²) in [7, 11) is 0. The molecule has 3 nitrogen and oxygen atoms in total. The molecule has 0 saturated heterocycles. The standard InChI is InChI=1S/C12H20F5N3/c1-4-5-6-20-10(11(13,14)12(15,16)17)19(8-18-20)7-9(2)3/h8-10H,4-7H2,1-3H3. The number of hydrogen-bond donors (Lipinski definition) is 0. The van der Waals surface area contributed by atoms with Gasteiger partial charge in [0, 0.05) is 13.1 Å². The molecule has 0 aliphatic carbocycles. The quantitative estimate of drug-likeness (QED) is 0.699. The molecule has 0 saturated carbocycles. The summed E-state index contributed by atoms with van der Waals surface area (Å²) in [6.07, 6.45) is -5.39. The van der Waals surface area contributed by atoms with Gasteiger partial charge in [0.15, 0.2) is 6.17 Å². The first-order valence-electron chi connectivity index (χ1n) is 6.62. The highest BCUT2D eigenvalue weighted by molar-refractivity contribution is 5.57. The highest BCUT2D eigenvalue weighted by atomic mass is 19.4. The predicted octanol–water partition coefficient (Wildman–Crippen LogP) is 3.53. The fourth-order valence-electron chi connectivity index (χ4n) is 2.04. The largest absolute Gasteiger partial charge is 0.457 e. The summed E-state index contributed by atoms with van der Waals surface area (Å²) in [6, 6.07) is 0. The third-order valence-corrected chi connectivity index (χ3v) is 2.96. The Hall–Kier alpha value is -1.08. The van der Waals surface area contributed by atoms with Crippen molar-refractivity contribution in [3.05, 3.63) is 0 Å². The maximum atomic E-state index is 13.7. The van der Waals surface area contributed by atoms with Crippen LogP contribution in [0.2, 0.25) is 0 Å². The summed E-state index contributed by atoms with van der Waals surface area (Å²) in [5, 5.41) is 4.57. The Morgan fingerprint density at radius 2 is 1.80 bits per heavy atom. The summed E-state index contributed by atoms with van der Waals surface area (Å²) in [6.45, 7) is 5.53. The Morgan fingerprint density at radius 1 is 1.20 bits per heavy atom. The Morgan fingerprint density at radius 3 is 2.25 bits per heavy atom. The molecule has 0 aromatic rings. The average Bonchev–Trinajstić information content (AvgIpc) is 2.67. The van der Waals surface area contributed by atoms with Crippen LogP contribution in [0.4, 0.5) is 22.0 Å². The second-order valence-corrected chi connectivity index (χ2v) is 5.33. The van der Waals surface area contributed by atoms with Gasteiger partial charge in [-0.1, -0.05) is 27.2 Å². The Labute approximate surface area is 115 Å². The molecule has 0 bridgehead atoms. The van der Waals surface area contributed by atoms with Gasteiger partial charge in [-0.05, 0) is 12.3 Å². The van der Waals surface area contributed by atoms with E-state index in [0.29, 0.717) is 12.8 Å². The zero-order valence-corrected chi connectivity index (χ0v) is 11.8. The van der Waals surface area contributed by atoms with Gasteiger partial charge in [-0.15, -0.1) is 0 Å². The van der Waals surface area contributed by atoms with Gasteiger partial charge in [0.05, 0.1) is 0 Å². The SMILES string of the molecule is CCCCN1N=CN(CC(C)C)C1C(F)(F)C(F)(F)F. The summed E-state index contributed by atoms with van der Waals surface area (Å²) >= 11 is 0. The smallest absolute Gasteiger partial charge is 0.334 e. The molecule has 1 aliphatic rings. The first-order valence-corrected chi connectivity index (χ1v) is 6.62. The van der Waals surface area contributed by atoms with E-state index < -0.39 is 18.3 Å². The number of hydrogen-bond acceptors (Lipinski definition) is 3. The highest BCUT2D eigenvalue weighted by Gasteiger charge is 2.66. The predicted molar refractivity (Wildman–Crippen MR) is 66.4 cm³/mol. The van der Waals surface area contributed by atoms with Crippen LogP contribution in [0.15, 0.2) is 5.10 Å². The molecule has 1 rings (SSSR count). The Balaban J connectivity index is 2.97. The maximum absolute atomic E-state index is 13.7. The van der Waals surface area contributed by atoms with Gasteiger partial charge in [-0.2, -0.15) is 27.1 Å². The van der Waals surface area contributed by atoms with Crippen LogP contribution in [0, 0.1) is 5.92 Å². The minimum absolute atomic E-state index is 0.0425. The molecule has 1 aliphatic heterocycles. The molecule has 1 unspecified atom stereocenters. The van der Waals surface area contributed by atoms with E-state index in [2.05, 4.69) is 5.10 Å². The second kappa shape index (κ2) is 6.13. The van der Waals surface area contributed by atoms with Crippen molar-refractivity contribution in [2.45, 2.75) is 51.9 Å².